The average molecular weight is 235 g/mol. The zero-order chi connectivity index (χ0) is 12.7. The van der Waals surface area contributed by atoms with Gasteiger partial charge in [0.15, 0.2) is 0 Å². The molecule has 96 valence electrons. The second kappa shape index (κ2) is 7.33. The van der Waals surface area contributed by atoms with Crippen LogP contribution in [0.25, 0.3) is 0 Å². The minimum atomic E-state index is 0.299. The molecule has 0 aliphatic heterocycles. The highest BCUT2D eigenvalue weighted by Gasteiger charge is 2.03. The van der Waals surface area contributed by atoms with Gasteiger partial charge in [0.05, 0.1) is 6.10 Å². The van der Waals surface area contributed by atoms with Crippen LogP contribution in [-0.2, 0) is 6.54 Å². The van der Waals surface area contributed by atoms with Crippen LogP contribution in [0.2, 0.25) is 0 Å². The maximum Gasteiger partial charge on any atom is 0.120 e. The first-order chi connectivity index (χ1) is 8.11. The highest BCUT2D eigenvalue weighted by Crippen LogP contribution is 2.16. The molecule has 1 aromatic rings. The molecule has 0 bridgehead atoms. The summed E-state index contributed by atoms with van der Waals surface area (Å²) in [7, 11) is 0. The van der Waals surface area contributed by atoms with E-state index < -0.39 is 0 Å². The Morgan fingerprint density at radius 3 is 2.65 bits per heavy atom. The van der Waals surface area contributed by atoms with Crippen molar-refractivity contribution in [3.05, 3.63) is 29.8 Å². The molecule has 2 nitrogen and oxygen atoms in total. The van der Waals surface area contributed by atoms with Gasteiger partial charge in [-0.3, -0.25) is 0 Å². The van der Waals surface area contributed by atoms with Crippen molar-refractivity contribution in [1.82, 2.24) is 5.32 Å². The van der Waals surface area contributed by atoms with Crippen molar-refractivity contribution in [2.24, 2.45) is 0 Å². The lowest BCUT2D eigenvalue weighted by molar-refractivity contribution is 0.209. The van der Waals surface area contributed by atoms with Crippen LogP contribution in [0.1, 0.15) is 46.1 Å². The van der Waals surface area contributed by atoms with E-state index in [1.54, 1.807) is 0 Å². The van der Waals surface area contributed by atoms with Crippen LogP contribution in [0.15, 0.2) is 24.3 Å². The molecule has 1 unspecified atom stereocenters. The maximum absolute atomic E-state index is 5.87. The summed E-state index contributed by atoms with van der Waals surface area (Å²) in [6, 6.07) is 8.86. The van der Waals surface area contributed by atoms with Gasteiger partial charge in [-0.05, 0) is 31.0 Å². The lowest BCUT2D eigenvalue weighted by Crippen LogP contribution is -2.21. The van der Waals surface area contributed by atoms with Crippen molar-refractivity contribution in [2.45, 2.75) is 59.2 Å². The van der Waals surface area contributed by atoms with Crippen molar-refractivity contribution >= 4 is 0 Å². The van der Waals surface area contributed by atoms with Gasteiger partial charge in [-0.2, -0.15) is 0 Å². The van der Waals surface area contributed by atoms with Gasteiger partial charge in [0.25, 0.3) is 0 Å². The zero-order valence-electron chi connectivity index (χ0n) is 11.5. The van der Waals surface area contributed by atoms with Crippen LogP contribution in [-0.4, -0.2) is 12.1 Å². The van der Waals surface area contributed by atoms with Crippen LogP contribution in [0, 0.1) is 0 Å². The fraction of sp³-hybridized carbons (Fsp3) is 0.600. The SMILES string of the molecule is CCCC(C)Oc1cccc(CNC(C)C)c1. The van der Waals surface area contributed by atoms with Crippen molar-refractivity contribution in [1.29, 1.82) is 0 Å². The molecule has 0 amide bonds. The van der Waals surface area contributed by atoms with E-state index in [1.807, 2.05) is 6.07 Å². The van der Waals surface area contributed by atoms with Gasteiger partial charge in [-0.15, -0.1) is 0 Å². The monoisotopic (exact) mass is 235 g/mol. The first-order valence-corrected chi connectivity index (χ1v) is 6.60. The molecule has 1 atom stereocenters. The summed E-state index contributed by atoms with van der Waals surface area (Å²) in [5, 5.41) is 3.41. The zero-order valence-corrected chi connectivity index (χ0v) is 11.5. The Bertz CT molecular complexity index is 322. The predicted molar refractivity (Wildman–Crippen MR) is 73.4 cm³/mol. The molecular formula is C15H25NO. The summed E-state index contributed by atoms with van der Waals surface area (Å²) in [6.07, 6.45) is 2.57. The number of ether oxygens (including phenoxy) is 1. The van der Waals surface area contributed by atoms with Gasteiger partial charge >= 0.3 is 0 Å². The van der Waals surface area contributed by atoms with Crippen molar-refractivity contribution in [3.63, 3.8) is 0 Å². The molecule has 0 saturated carbocycles. The fourth-order valence-electron chi connectivity index (χ4n) is 1.75. The third kappa shape index (κ3) is 5.73. The summed E-state index contributed by atoms with van der Waals surface area (Å²) in [5.74, 6) is 0.981. The summed E-state index contributed by atoms with van der Waals surface area (Å²) < 4.78 is 5.87. The topological polar surface area (TPSA) is 21.3 Å². The van der Waals surface area contributed by atoms with E-state index in [-0.39, 0.29) is 0 Å². The Kier molecular flexibility index (Phi) is 6.06. The smallest absolute Gasteiger partial charge is 0.120 e. The van der Waals surface area contributed by atoms with Crippen LogP contribution in [0.4, 0.5) is 0 Å². The molecule has 0 saturated heterocycles. The number of benzene rings is 1. The van der Waals surface area contributed by atoms with Crippen LogP contribution in [0.3, 0.4) is 0 Å². The van der Waals surface area contributed by atoms with Crippen LogP contribution < -0.4 is 10.1 Å². The van der Waals surface area contributed by atoms with E-state index in [2.05, 4.69) is 51.2 Å². The van der Waals surface area contributed by atoms with E-state index in [4.69, 9.17) is 4.74 Å². The molecule has 0 spiro atoms. The van der Waals surface area contributed by atoms with Gasteiger partial charge in [-0.25, -0.2) is 0 Å². The van der Waals surface area contributed by atoms with Crippen molar-refractivity contribution in [2.75, 3.05) is 0 Å². The molecule has 0 heterocycles. The van der Waals surface area contributed by atoms with Gasteiger partial charge in [-0.1, -0.05) is 39.3 Å². The van der Waals surface area contributed by atoms with Gasteiger partial charge in [0, 0.05) is 12.6 Å². The Morgan fingerprint density at radius 2 is 2.00 bits per heavy atom. The van der Waals surface area contributed by atoms with Crippen LogP contribution in [0.5, 0.6) is 5.75 Å². The largest absolute Gasteiger partial charge is 0.491 e. The van der Waals surface area contributed by atoms with E-state index >= 15 is 0 Å². The molecule has 2 heteroatoms. The molecular weight excluding hydrogens is 210 g/mol. The van der Waals surface area contributed by atoms with E-state index in [1.165, 1.54) is 5.56 Å². The minimum absolute atomic E-state index is 0.299. The Balaban J connectivity index is 2.53. The lowest BCUT2D eigenvalue weighted by atomic mass is 10.2. The summed E-state index contributed by atoms with van der Waals surface area (Å²) in [6.45, 7) is 9.52. The normalized spacial score (nSPS) is 12.8. The quantitative estimate of drug-likeness (QED) is 0.777. The van der Waals surface area contributed by atoms with E-state index in [9.17, 15) is 0 Å². The molecule has 0 radical (unpaired) electrons. The molecule has 1 rings (SSSR count). The summed E-state index contributed by atoms with van der Waals surface area (Å²) >= 11 is 0. The van der Waals surface area contributed by atoms with E-state index in [0.717, 1.165) is 25.1 Å². The van der Waals surface area contributed by atoms with Gasteiger partial charge in [0.1, 0.15) is 5.75 Å². The highest BCUT2D eigenvalue weighted by atomic mass is 16.5. The van der Waals surface area contributed by atoms with Crippen molar-refractivity contribution in [3.8, 4) is 5.75 Å². The standard InChI is InChI=1S/C15H25NO/c1-5-7-13(4)17-15-9-6-8-14(10-15)11-16-12(2)3/h6,8-10,12-13,16H,5,7,11H2,1-4H3. The Morgan fingerprint density at radius 1 is 1.24 bits per heavy atom. The maximum atomic E-state index is 5.87. The predicted octanol–water partition coefficient (Wildman–Crippen LogP) is 3.75. The van der Waals surface area contributed by atoms with Gasteiger partial charge < -0.3 is 10.1 Å². The highest BCUT2D eigenvalue weighted by molar-refractivity contribution is 5.28. The molecule has 1 N–H and O–H groups in total. The summed E-state index contributed by atoms with van der Waals surface area (Å²) in [4.78, 5) is 0. The summed E-state index contributed by atoms with van der Waals surface area (Å²) in [5.41, 5.74) is 1.28. The number of hydrogen-bond donors (Lipinski definition) is 1. The number of rotatable bonds is 7. The molecule has 0 aliphatic carbocycles. The second-order valence-corrected chi connectivity index (χ2v) is 4.90. The van der Waals surface area contributed by atoms with Crippen molar-refractivity contribution < 1.29 is 4.74 Å². The fourth-order valence-corrected chi connectivity index (χ4v) is 1.75. The third-order valence-corrected chi connectivity index (χ3v) is 2.65. The third-order valence-electron chi connectivity index (χ3n) is 2.65. The number of hydrogen-bond acceptors (Lipinski definition) is 2. The molecule has 0 aliphatic rings. The Labute approximate surface area is 105 Å². The number of nitrogens with one attached hydrogen (secondary N) is 1. The molecule has 0 aromatic heterocycles. The average Bonchev–Trinajstić information content (AvgIpc) is 2.27. The Hall–Kier alpha value is -1.02. The molecule has 0 fully saturated rings. The lowest BCUT2D eigenvalue weighted by Gasteiger charge is -2.15. The van der Waals surface area contributed by atoms with E-state index in [0.29, 0.717) is 12.1 Å². The van der Waals surface area contributed by atoms with Crippen LogP contribution >= 0.6 is 0 Å². The first-order valence-electron chi connectivity index (χ1n) is 6.60. The molecule has 1 aromatic carbocycles. The molecule has 17 heavy (non-hydrogen) atoms. The van der Waals surface area contributed by atoms with Gasteiger partial charge in [0.2, 0.25) is 0 Å². The first kappa shape index (κ1) is 14.0. The second-order valence-electron chi connectivity index (χ2n) is 4.90. The minimum Gasteiger partial charge on any atom is -0.491 e.